The third-order valence-corrected chi connectivity index (χ3v) is 6.21. The number of halogens is 2. The minimum Gasteiger partial charge on any atom is -0.505 e. The summed E-state index contributed by atoms with van der Waals surface area (Å²) in [7, 11) is 0. The van der Waals surface area contributed by atoms with Crippen molar-refractivity contribution in [1.82, 2.24) is 25.1 Å². The number of phenolic OH excluding ortho intramolecular Hbond substituents is 1. The van der Waals surface area contributed by atoms with Crippen molar-refractivity contribution >= 4 is 29.1 Å². The largest absolute Gasteiger partial charge is 0.505 e. The molecule has 0 bridgehead atoms. The van der Waals surface area contributed by atoms with E-state index in [9.17, 15) is 9.90 Å². The lowest BCUT2D eigenvalue weighted by atomic mass is 10.2. The van der Waals surface area contributed by atoms with Crippen LogP contribution in [0.3, 0.4) is 0 Å². The third-order valence-electron chi connectivity index (χ3n) is 5.63. The summed E-state index contributed by atoms with van der Waals surface area (Å²) in [6.07, 6.45) is 1.67. The molecule has 2 aromatic heterocycles. The van der Waals surface area contributed by atoms with Gasteiger partial charge in [-0.25, -0.2) is 0 Å². The van der Waals surface area contributed by atoms with Crippen LogP contribution >= 0.6 is 23.2 Å². The van der Waals surface area contributed by atoms with Crippen LogP contribution in [-0.4, -0.2) is 30.8 Å². The van der Waals surface area contributed by atoms with E-state index in [-0.39, 0.29) is 34.7 Å². The van der Waals surface area contributed by atoms with Gasteiger partial charge in [0.15, 0.2) is 11.6 Å². The van der Waals surface area contributed by atoms with Crippen molar-refractivity contribution in [3.05, 3.63) is 118 Å². The van der Waals surface area contributed by atoms with Crippen molar-refractivity contribution in [2.24, 2.45) is 0 Å². The highest BCUT2D eigenvalue weighted by Gasteiger charge is 2.22. The summed E-state index contributed by atoms with van der Waals surface area (Å²) in [5, 5.41) is 21.3. The second-order valence-corrected chi connectivity index (χ2v) is 9.10. The van der Waals surface area contributed by atoms with E-state index >= 15 is 0 Å². The molecule has 0 saturated heterocycles. The van der Waals surface area contributed by atoms with Crippen LogP contribution in [0.1, 0.15) is 21.9 Å². The van der Waals surface area contributed by atoms with Gasteiger partial charge in [0, 0.05) is 18.3 Å². The van der Waals surface area contributed by atoms with Crippen LogP contribution in [0.4, 0.5) is 0 Å². The molecule has 0 fully saturated rings. The van der Waals surface area contributed by atoms with E-state index in [1.54, 1.807) is 16.8 Å². The van der Waals surface area contributed by atoms with Gasteiger partial charge < -0.3 is 15.2 Å². The molecule has 0 aliphatic heterocycles. The molecule has 2 heterocycles. The minimum absolute atomic E-state index is 0.0607. The number of phenols is 1. The maximum Gasteiger partial charge on any atom is 0.289 e. The Morgan fingerprint density at radius 1 is 0.895 bits per heavy atom. The summed E-state index contributed by atoms with van der Waals surface area (Å²) < 4.78 is 7.45. The first-order chi connectivity index (χ1) is 18.5. The molecule has 0 saturated carbocycles. The predicted octanol–water partition coefficient (Wildman–Crippen LogP) is 6.12. The Bertz CT molecular complexity index is 1540. The summed E-state index contributed by atoms with van der Waals surface area (Å²) in [4.78, 5) is 17.6. The Morgan fingerprint density at radius 2 is 1.58 bits per heavy atom. The highest BCUT2D eigenvalue weighted by atomic mass is 35.5. The number of aromatic hydroxyl groups is 1. The van der Waals surface area contributed by atoms with Crippen LogP contribution in [0.2, 0.25) is 10.0 Å². The number of rotatable bonds is 8. The molecule has 0 spiro atoms. The molecule has 8 nitrogen and oxygen atoms in total. The first-order valence-electron chi connectivity index (χ1n) is 11.6. The number of para-hydroxylation sites is 1. The zero-order chi connectivity index (χ0) is 26.5. The zero-order valence-corrected chi connectivity index (χ0v) is 21.4. The van der Waals surface area contributed by atoms with E-state index in [2.05, 4.69) is 20.5 Å². The maximum absolute atomic E-state index is 13.2. The maximum atomic E-state index is 13.2. The number of aromatic nitrogens is 4. The third kappa shape index (κ3) is 5.77. The second-order valence-electron chi connectivity index (χ2n) is 8.28. The van der Waals surface area contributed by atoms with Gasteiger partial charge in [0.1, 0.15) is 11.5 Å². The number of hydrogen-bond acceptors (Lipinski definition) is 6. The van der Waals surface area contributed by atoms with Gasteiger partial charge in [-0.1, -0.05) is 59.6 Å². The molecule has 10 heteroatoms. The quantitative estimate of drug-likeness (QED) is 0.243. The molecule has 5 aromatic rings. The normalized spacial score (nSPS) is 10.8. The number of hydrogen-bond donors (Lipinski definition) is 2. The zero-order valence-electron chi connectivity index (χ0n) is 19.9. The molecule has 2 N–H and O–H groups in total. The Kier molecular flexibility index (Phi) is 7.53. The predicted molar refractivity (Wildman–Crippen MR) is 145 cm³/mol. The van der Waals surface area contributed by atoms with Gasteiger partial charge in [-0.3, -0.25) is 14.3 Å². The number of nitrogens with zero attached hydrogens (tertiary/aromatic N) is 4. The topological polar surface area (TPSA) is 102 Å². The van der Waals surface area contributed by atoms with E-state index in [0.29, 0.717) is 22.8 Å². The molecule has 3 aromatic carbocycles. The molecule has 0 unspecified atom stereocenters. The molecule has 0 radical (unpaired) electrons. The van der Waals surface area contributed by atoms with E-state index in [1.807, 2.05) is 66.7 Å². The SMILES string of the molecule is O=C(NCc1ccc(Oc2ccccc2)cc1)c1nnc(-c2cc(Cl)c(O)c(Cl)c2)n1Cc1ccccn1. The Hall–Kier alpha value is -4.40. The van der Waals surface area contributed by atoms with Gasteiger partial charge in [-0.2, -0.15) is 0 Å². The molecule has 5 rings (SSSR count). The van der Waals surface area contributed by atoms with Crippen LogP contribution in [0.5, 0.6) is 17.2 Å². The van der Waals surface area contributed by atoms with Gasteiger partial charge in [0.2, 0.25) is 5.82 Å². The standard InChI is InChI=1S/C28H21Cl2N5O3/c29-23-14-19(15-24(30)25(23)36)26-33-34-27(35(26)17-20-6-4-5-13-31-20)28(37)32-16-18-9-11-22(12-10-18)38-21-7-2-1-3-8-21/h1-15,36H,16-17H2,(H,32,37). The fraction of sp³-hybridized carbons (Fsp3) is 0.0714. The summed E-state index contributed by atoms with van der Waals surface area (Å²) >= 11 is 12.3. The van der Waals surface area contributed by atoms with Crippen molar-refractivity contribution in [1.29, 1.82) is 0 Å². The molecule has 38 heavy (non-hydrogen) atoms. The summed E-state index contributed by atoms with van der Waals surface area (Å²) in [6, 6.07) is 25.5. The van der Waals surface area contributed by atoms with Gasteiger partial charge in [-0.05, 0) is 54.1 Å². The van der Waals surface area contributed by atoms with Crippen LogP contribution in [0.15, 0.2) is 91.1 Å². The molecular weight excluding hydrogens is 525 g/mol. The number of carbonyl (C=O) groups is 1. The van der Waals surface area contributed by atoms with Crippen LogP contribution in [0, 0.1) is 0 Å². The number of pyridine rings is 1. The van der Waals surface area contributed by atoms with Gasteiger partial charge in [-0.15, -0.1) is 10.2 Å². The van der Waals surface area contributed by atoms with E-state index < -0.39 is 5.91 Å². The van der Waals surface area contributed by atoms with Crippen LogP contribution in [-0.2, 0) is 13.1 Å². The lowest BCUT2D eigenvalue weighted by Gasteiger charge is -2.12. The Balaban J connectivity index is 1.36. The van der Waals surface area contributed by atoms with Gasteiger partial charge >= 0.3 is 0 Å². The van der Waals surface area contributed by atoms with Crippen LogP contribution in [0.25, 0.3) is 11.4 Å². The van der Waals surface area contributed by atoms with Crippen molar-refractivity contribution in [3.8, 4) is 28.6 Å². The number of amides is 1. The molecule has 0 atom stereocenters. The number of nitrogens with one attached hydrogen (secondary N) is 1. The lowest BCUT2D eigenvalue weighted by Crippen LogP contribution is -2.27. The highest BCUT2D eigenvalue weighted by molar-refractivity contribution is 6.37. The number of ether oxygens (including phenoxy) is 1. The Morgan fingerprint density at radius 3 is 2.26 bits per heavy atom. The van der Waals surface area contributed by atoms with E-state index in [4.69, 9.17) is 27.9 Å². The molecule has 1 amide bonds. The van der Waals surface area contributed by atoms with E-state index in [0.717, 1.165) is 11.3 Å². The molecule has 0 aliphatic carbocycles. The lowest BCUT2D eigenvalue weighted by molar-refractivity contribution is 0.0936. The second kappa shape index (κ2) is 11.3. The summed E-state index contributed by atoms with van der Waals surface area (Å²) in [6.45, 7) is 0.501. The highest BCUT2D eigenvalue weighted by Crippen LogP contribution is 2.36. The Labute approximate surface area is 228 Å². The smallest absolute Gasteiger partial charge is 0.289 e. The summed E-state index contributed by atoms with van der Waals surface area (Å²) in [5.74, 6) is 1.23. The van der Waals surface area contributed by atoms with Crippen molar-refractivity contribution < 1.29 is 14.6 Å². The average molecular weight is 546 g/mol. The van der Waals surface area contributed by atoms with Crippen LogP contribution < -0.4 is 10.1 Å². The summed E-state index contributed by atoms with van der Waals surface area (Å²) in [5.41, 5.74) is 2.08. The van der Waals surface area contributed by atoms with Crippen molar-refractivity contribution in [2.75, 3.05) is 0 Å². The monoisotopic (exact) mass is 545 g/mol. The number of carbonyl (C=O) groups excluding carboxylic acids is 1. The van der Waals surface area contributed by atoms with Crippen molar-refractivity contribution in [2.45, 2.75) is 13.1 Å². The first kappa shape index (κ1) is 25.3. The number of benzene rings is 3. The molecule has 190 valence electrons. The molecule has 0 aliphatic rings. The first-order valence-corrected chi connectivity index (χ1v) is 12.3. The van der Waals surface area contributed by atoms with Crippen molar-refractivity contribution in [3.63, 3.8) is 0 Å². The van der Waals surface area contributed by atoms with Gasteiger partial charge in [0.25, 0.3) is 5.91 Å². The molecular formula is C28H21Cl2N5O3. The van der Waals surface area contributed by atoms with E-state index in [1.165, 1.54) is 12.1 Å². The minimum atomic E-state index is -0.416. The average Bonchev–Trinajstić information content (AvgIpc) is 3.35. The fourth-order valence-electron chi connectivity index (χ4n) is 3.74. The fourth-order valence-corrected chi connectivity index (χ4v) is 4.23. The van der Waals surface area contributed by atoms with Gasteiger partial charge in [0.05, 0.1) is 22.3 Å².